The smallest absolute Gasteiger partial charge is 0.255 e. The molecule has 9 heteroatoms. The molecule has 0 bridgehead atoms. The average molecular weight is 448 g/mol. The molecule has 1 aliphatic heterocycles. The fourth-order valence-electron chi connectivity index (χ4n) is 4.41. The number of carbonyl (C=O) groups excluding carboxylic acids is 2. The molecule has 4 aromatic rings. The van der Waals surface area contributed by atoms with Crippen LogP contribution in [-0.2, 0) is 0 Å². The van der Waals surface area contributed by atoms with Gasteiger partial charge in [-0.15, -0.1) is 0 Å². The number of benzene rings is 1. The van der Waals surface area contributed by atoms with Crippen molar-refractivity contribution < 1.29 is 23.8 Å². The molecule has 0 aliphatic carbocycles. The number of aliphatic hydroxyl groups is 1. The van der Waals surface area contributed by atoms with Crippen molar-refractivity contribution in [2.24, 2.45) is 0 Å². The van der Waals surface area contributed by atoms with Crippen LogP contribution in [0, 0.1) is 13.8 Å². The van der Waals surface area contributed by atoms with Gasteiger partial charge in [0.05, 0.1) is 36.0 Å². The molecule has 0 atom stereocenters. The van der Waals surface area contributed by atoms with Crippen molar-refractivity contribution in [2.75, 3.05) is 20.1 Å². The molecule has 1 saturated heterocycles. The lowest BCUT2D eigenvalue weighted by atomic mass is 9.96. The average Bonchev–Trinajstić information content (AvgIpc) is 3.27. The van der Waals surface area contributed by atoms with Gasteiger partial charge < -0.3 is 24.5 Å². The normalized spacial score (nSPS) is 15.0. The lowest BCUT2D eigenvalue weighted by Crippen LogP contribution is -2.61. The number of amides is 2. The number of ether oxygens (including phenoxy) is 1. The van der Waals surface area contributed by atoms with Gasteiger partial charge in [-0.3, -0.25) is 9.59 Å². The Hall–Kier alpha value is -3.85. The molecule has 2 N–H and O–H groups in total. The van der Waals surface area contributed by atoms with Crippen LogP contribution in [0.25, 0.3) is 16.5 Å². The van der Waals surface area contributed by atoms with Crippen molar-refractivity contribution >= 4 is 28.3 Å². The highest BCUT2D eigenvalue weighted by molar-refractivity contribution is 6.07. The maximum absolute atomic E-state index is 12.9. The maximum Gasteiger partial charge on any atom is 0.255 e. The summed E-state index contributed by atoms with van der Waals surface area (Å²) < 4.78 is 13.6. The van der Waals surface area contributed by atoms with Gasteiger partial charge in [0.2, 0.25) is 0 Å². The van der Waals surface area contributed by atoms with Gasteiger partial charge in [0.15, 0.2) is 5.75 Å². The lowest BCUT2D eigenvalue weighted by molar-refractivity contribution is -0.0669. The van der Waals surface area contributed by atoms with Crippen molar-refractivity contribution in [3.8, 4) is 11.5 Å². The molecular formula is C24H24N4O5. The molecule has 5 rings (SSSR count). The van der Waals surface area contributed by atoms with E-state index in [0.717, 1.165) is 5.56 Å². The van der Waals surface area contributed by atoms with E-state index in [4.69, 9.17) is 9.15 Å². The number of aromatic nitrogens is 2. The van der Waals surface area contributed by atoms with E-state index < -0.39 is 5.60 Å². The second kappa shape index (κ2) is 7.35. The third-order valence-electron chi connectivity index (χ3n) is 5.99. The maximum atomic E-state index is 12.9. The highest BCUT2D eigenvalue weighted by Crippen LogP contribution is 2.34. The quantitative estimate of drug-likeness (QED) is 0.497. The number of β-amino-alcohol motifs (C(OH)–C–C–N with tert-alkyl or cyclic N) is 1. The monoisotopic (exact) mass is 448 g/mol. The second-order valence-electron chi connectivity index (χ2n) is 8.69. The summed E-state index contributed by atoms with van der Waals surface area (Å²) >= 11 is 0. The van der Waals surface area contributed by atoms with Crippen LogP contribution in [0.2, 0.25) is 0 Å². The number of furan rings is 1. The summed E-state index contributed by atoms with van der Waals surface area (Å²) in [5.74, 6) is 1.24. The SMILES string of the molecule is CNC(=O)c1c(C)oc2cc(Oc3ccnn4cc(C(=O)N5CC(C)(O)C5)c(C)c34)ccc12. The molecule has 1 fully saturated rings. The molecule has 9 nitrogen and oxygen atoms in total. The number of hydrogen-bond donors (Lipinski definition) is 2. The predicted octanol–water partition coefficient (Wildman–Crippen LogP) is 3.06. The third-order valence-corrected chi connectivity index (χ3v) is 5.99. The van der Waals surface area contributed by atoms with Crippen LogP contribution in [0.3, 0.4) is 0 Å². The first-order valence-electron chi connectivity index (χ1n) is 10.6. The van der Waals surface area contributed by atoms with Gasteiger partial charge in [-0.05, 0) is 38.5 Å². The largest absolute Gasteiger partial charge is 0.460 e. The Labute approximate surface area is 189 Å². The first-order chi connectivity index (χ1) is 15.7. The van der Waals surface area contributed by atoms with Gasteiger partial charge in [0, 0.05) is 30.8 Å². The van der Waals surface area contributed by atoms with E-state index in [-0.39, 0.29) is 11.8 Å². The van der Waals surface area contributed by atoms with E-state index in [1.807, 2.05) is 6.92 Å². The highest BCUT2D eigenvalue weighted by atomic mass is 16.5. The zero-order valence-electron chi connectivity index (χ0n) is 18.8. The number of carbonyl (C=O) groups is 2. The topological polar surface area (TPSA) is 109 Å². The van der Waals surface area contributed by atoms with E-state index in [1.165, 1.54) is 0 Å². The van der Waals surface area contributed by atoms with Crippen molar-refractivity contribution in [3.63, 3.8) is 0 Å². The molecule has 3 aromatic heterocycles. The number of fused-ring (bicyclic) bond motifs is 2. The predicted molar refractivity (Wildman–Crippen MR) is 121 cm³/mol. The zero-order chi connectivity index (χ0) is 23.5. The van der Waals surface area contributed by atoms with E-state index >= 15 is 0 Å². The molecule has 0 radical (unpaired) electrons. The highest BCUT2D eigenvalue weighted by Gasteiger charge is 2.40. The standard InChI is InChI=1S/C24H24N4O5/c1-13-17(23(30)27-11-24(3,31)12-27)10-28-21(13)18(7-8-26-28)33-15-5-6-16-19(9-15)32-14(2)20(16)22(29)25-4/h5-10,31H,11-12H2,1-4H3,(H,25,29). The Balaban J connectivity index is 1.49. The minimum atomic E-state index is -0.838. The molecule has 33 heavy (non-hydrogen) atoms. The van der Waals surface area contributed by atoms with Crippen LogP contribution >= 0.6 is 0 Å². The molecule has 2 amide bonds. The first-order valence-corrected chi connectivity index (χ1v) is 10.6. The molecule has 0 saturated carbocycles. The molecule has 0 spiro atoms. The first kappa shape index (κ1) is 21.0. The van der Waals surface area contributed by atoms with Gasteiger partial charge >= 0.3 is 0 Å². The van der Waals surface area contributed by atoms with Crippen LogP contribution in [-0.4, -0.2) is 57.2 Å². The second-order valence-corrected chi connectivity index (χ2v) is 8.69. The molecule has 4 heterocycles. The van der Waals surface area contributed by atoms with Gasteiger partial charge in [-0.1, -0.05) is 0 Å². The summed E-state index contributed by atoms with van der Waals surface area (Å²) in [5.41, 5.74) is 2.14. The molecule has 1 aromatic carbocycles. The molecule has 0 unspecified atom stereocenters. The Morgan fingerprint density at radius 3 is 2.70 bits per heavy atom. The minimum absolute atomic E-state index is 0.148. The van der Waals surface area contributed by atoms with E-state index in [1.54, 1.807) is 67.0 Å². The van der Waals surface area contributed by atoms with Crippen molar-refractivity contribution in [2.45, 2.75) is 26.4 Å². The Kier molecular flexibility index (Phi) is 4.68. The van der Waals surface area contributed by atoms with Crippen molar-refractivity contribution in [1.29, 1.82) is 0 Å². The molecular weight excluding hydrogens is 424 g/mol. The fraction of sp³-hybridized carbons (Fsp3) is 0.292. The summed E-state index contributed by atoms with van der Waals surface area (Å²) in [7, 11) is 1.58. The Bertz CT molecular complexity index is 1420. The van der Waals surface area contributed by atoms with Crippen LogP contribution in [0.1, 0.15) is 39.0 Å². The summed E-state index contributed by atoms with van der Waals surface area (Å²) in [6, 6.07) is 7.03. The number of likely N-dealkylation sites (tertiary alicyclic amines) is 1. The van der Waals surface area contributed by atoms with Gasteiger partial charge in [0.25, 0.3) is 11.8 Å². The van der Waals surface area contributed by atoms with E-state index in [9.17, 15) is 14.7 Å². The van der Waals surface area contributed by atoms with Crippen LogP contribution < -0.4 is 10.1 Å². The number of hydrogen-bond acceptors (Lipinski definition) is 6. The van der Waals surface area contributed by atoms with Crippen LogP contribution in [0.15, 0.2) is 41.1 Å². The molecule has 1 aliphatic rings. The number of rotatable bonds is 4. The summed E-state index contributed by atoms with van der Waals surface area (Å²) in [6.07, 6.45) is 3.28. The molecule has 170 valence electrons. The summed E-state index contributed by atoms with van der Waals surface area (Å²) in [4.78, 5) is 26.7. The van der Waals surface area contributed by atoms with E-state index in [0.29, 0.717) is 58.0 Å². The third kappa shape index (κ3) is 3.41. The number of aryl methyl sites for hydroxylation is 2. The fourth-order valence-corrected chi connectivity index (χ4v) is 4.41. The van der Waals surface area contributed by atoms with Gasteiger partial charge in [-0.25, -0.2) is 4.52 Å². The summed E-state index contributed by atoms with van der Waals surface area (Å²) in [5, 5.41) is 17.6. The number of nitrogens with one attached hydrogen (secondary N) is 1. The zero-order valence-corrected chi connectivity index (χ0v) is 18.8. The van der Waals surface area contributed by atoms with E-state index in [2.05, 4.69) is 10.4 Å². The van der Waals surface area contributed by atoms with Crippen LogP contribution in [0.4, 0.5) is 0 Å². The van der Waals surface area contributed by atoms with Crippen molar-refractivity contribution in [3.05, 3.63) is 59.1 Å². The number of nitrogens with zero attached hydrogens (tertiary/aromatic N) is 3. The van der Waals surface area contributed by atoms with Gasteiger partial charge in [-0.2, -0.15) is 5.10 Å². The minimum Gasteiger partial charge on any atom is -0.460 e. The Morgan fingerprint density at radius 2 is 2.00 bits per heavy atom. The summed E-state index contributed by atoms with van der Waals surface area (Å²) in [6.45, 7) is 5.91. The lowest BCUT2D eigenvalue weighted by Gasteiger charge is -2.44. The van der Waals surface area contributed by atoms with Gasteiger partial charge in [0.1, 0.15) is 22.6 Å². The Morgan fingerprint density at radius 1 is 1.24 bits per heavy atom. The van der Waals surface area contributed by atoms with Crippen LogP contribution in [0.5, 0.6) is 11.5 Å². The van der Waals surface area contributed by atoms with Crippen molar-refractivity contribution in [1.82, 2.24) is 19.8 Å².